The van der Waals surface area contributed by atoms with Gasteiger partial charge in [-0.15, -0.1) is 0 Å². The maximum Gasteiger partial charge on any atom is 0.415 e. The zero-order valence-corrected chi connectivity index (χ0v) is 16.0. The molecule has 0 radical (unpaired) electrons. The van der Waals surface area contributed by atoms with E-state index in [4.69, 9.17) is 0 Å². The van der Waals surface area contributed by atoms with Crippen LogP contribution in [-0.4, -0.2) is 47.3 Å². The van der Waals surface area contributed by atoms with E-state index in [0.29, 0.717) is 31.5 Å². The lowest BCUT2D eigenvalue weighted by molar-refractivity contribution is -0.224. The van der Waals surface area contributed by atoms with Gasteiger partial charge in [-0.25, -0.2) is 0 Å². The van der Waals surface area contributed by atoms with Gasteiger partial charge in [0.05, 0.1) is 6.54 Å². The number of benzene rings is 2. The van der Waals surface area contributed by atoms with Crippen molar-refractivity contribution in [2.45, 2.75) is 44.0 Å². The molecular weight excluding hydrogens is 381 g/mol. The molecule has 2 aromatic rings. The summed E-state index contributed by atoms with van der Waals surface area (Å²) >= 11 is 0. The lowest BCUT2D eigenvalue weighted by Gasteiger charge is -2.38. The highest BCUT2D eigenvalue weighted by atomic mass is 19.4. The maximum atomic E-state index is 13.0. The molecule has 156 valence electrons. The van der Waals surface area contributed by atoms with Crippen LogP contribution in [0, 0.1) is 0 Å². The number of likely N-dealkylation sites (tertiary alicyclic amines) is 1. The number of anilines is 1. The van der Waals surface area contributed by atoms with Crippen LogP contribution >= 0.6 is 0 Å². The van der Waals surface area contributed by atoms with Crippen LogP contribution in [0.25, 0.3) is 0 Å². The minimum atomic E-state index is -4.70. The van der Waals surface area contributed by atoms with Crippen LogP contribution in [0.15, 0.2) is 54.6 Å². The average molecular weight is 406 g/mol. The number of hydrogen-bond acceptors (Lipinski definition) is 3. The van der Waals surface area contributed by atoms with Crippen LogP contribution in [0.4, 0.5) is 18.9 Å². The number of aliphatic hydroxyl groups is 1. The quantitative estimate of drug-likeness (QED) is 0.763. The molecular formula is C22H25F3N2O2. The van der Waals surface area contributed by atoms with Gasteiger partial charge in [0, 0.05) is 11.7 Å². The molecule has 1 fully saturated rings. The van der Waals surface area contributed by atoms with E-state index in [9.17, 15) is 23.1 Å². The largest absolute Gasteiger partial charge is 0.415 e. The first-order valence-corrected chi connectivity index (χ1v) is 9.75. The van der Waals surface area contributed by atoms with Crippen molar-refractivity contribution in [3.63, 3.8) is 0 Å². The summed E-state index contributed by atoms with van der Waals surface area (Å²) in [5.41, 5.74) is 2.67. The molecule has 4 nitrogen and oxygen atoms in total. The van der Waals surface area contributed by atoms with Crippen molar-refractivity contribution in [1.82, 2.24) is 4.90 Å². The average Bonchev–Trinajstić information content (AvgIpc) is 2.69. The molecule has 1 amide bonds. The summed E-state index contributed by atoms with van der Waals surface area (Å²) in [6.45, 7) is 0.175. The zero-order valence-electron chi connectivity index (χ0n) is 16.0. The standard InChI is InChI=1S/C22H25F3N2O2/c23-22(24,25)21(29)19-12-6-7-13-27(19)15-20(28)26-18-11-5-4-10-17(18)14-16-8-2-1-3-9-16/h1-5,8-11,19,21,29H,6-7,12-15H2,(H,26,28)/t19-,21-/m1/s1. The third-order valence-electron chi connectivity index (χ3n) is 5.24. The summed E-state index contributed by atoms with van der Waals surface area (Å²) in [5, 5.41) is 12.5. The minimum absolute atomic E-state index is 0.183. The summed E-state index contributed by atoms with van der Waals surface area (Å²) < 4.78 is 38.9. The van der Waals surface area contributed by atoms with Crippen molar-refractivity contribution in [3.05, 3.63) is 65.7 Å². The van der Waals surface area contributed by atoms with Crippen LogP contribution < -0.4 is 5.32 Å². The lowest BCUT2D eigenvalue weighted by atomic mass is 9.97. The molecule has 29 heavy (non-hydrogen) atoms. The maximum absolute atomic E-state index is 13.0. The van der Waals surface area contributed by atoms with Crippen molar-refractivity contribution in [3.8, 4) is 0 Å². The molecule has 3 rings (SSSR count). The molecule has 2 atom stereocenters. The number of carbonyl (C=O) groups excluding carboxylic acids is 1. The third kappa shape index (κ3) is 5.81. The Balaban J connectivity index is 1.67. The molecule has 1 aliphatic rings. The molecule has 0 aromatic heterocycles. The molecule has 7 heteroatoms. The van der Waals surface area contributed by atoms with Crippen LogP contribution in [-0.2, 0) is 11.2 Å². The fraction of sp³-hybridized carbons (Fsp3) is 0.409. The molecule has 2 N–H and O–H groups in total. The van der Waals surface area contributed by atoms with Gasteiger partial charge in [-0.3, -0.25) is 9.69 Å². The Morgan fingerprint density at radius 1 is 1.10 bits per heavy atom. The number of carbonyl (C=O) groups is 1. The second-order valence-corrected chi connectivity index (χ2v) is 7.39. The zero-order chi connectivity index (χ0) is 20.9. The van der Waals surface area contributed by atoms with Gasteiger partial charge in [0.1, 0.15) is 0 Å². The monoisotopic (exact) mass is 406 g/mol. The molecule has 1 saturated heterocycles. The van der Waals surface area contributed by atoms with Gasteiger partial charge in [0.2, 0.25) is 5.91 Å². The van der Waals surface area contributed by atoms with Crippen molar-refractivity contribution in [1.29, 1.82) is 0 Å². The Hall–Kier alpha value is -2.38. The van der Waals surface area contributed by atoms with E-state index in [0.717, 1.165) is 11.1 Å². The lowest BCUT2D eigenvalue weighted by Crippen LogP contribution is -2.54. The molecule has 0 aliphatic carbocycles. The van der Waals surface area contributed by atoms with Crippen LogP contribution in [0.2, 0.25) is 0 Å². The van der Waals surface area contributed by atoms with Crippen LogP contribution in [0.3, 0.4) is 0 Å². The number of nitrogens with one attached hydrogen (secondary N) is 1. The Kier molecular flexibility index (Phi) is 6.92. The SMILES string of the molecule is O=C(CN1CCCC[C@@H]1[C@@H](O)C(F)(F)F)Nc1ccccc1Cc1ccccc1. The van der Waals surface area contributed by atoms with E-state index in [2.05, 4.69) is 5.32 Å². The Morgan fingerprint density at radius 2 is 1.79 bits per heavy atom. The molecule has 0 bridgehead atoms. The topological polar surface area (TPSA) is 52.6 Å². The van der Waals surface area contributed by atoms with Crippen molar-refractivity contribution < 1.29 is 23.1 Å². The van der Waals surface area contributed by atoms with Gasteiger partial charge >= 0.3 is 6.18 Å². The van der Waals surface area contributed by atoms with Gasteiger partial charge in [-0.2, -0.15) is 13.2 Å². The second kappa shape index (κ2) is 9.41. The fourth-order valence-corrected chi connectivity index (χ4v) is 3.78. The molecule has 2 aromatic carbocycles. The first-order chi connectivity index (χ1) is 13.8. The van der Waals surface area contributed by atoms with Gasteiger partial charge in [-0.1, -0.05) is 55.0 Å². The minimum Gasteiger partial charge on any atom is -0.382 e. The van der Waals surface area contributed by atoms with E-state index in [-0.39, 0.29) is 18.9 Å². The normalized spacial score (nSPS) is 19.0. The van der Waals surface area contributed by atoms with E-state index >= 15 is 0 Å². The summed E-state index contributed by atoms with van der Waals surface area (Å²) in [6.07, 6.45) is -4.97. The number of nitrogens with zero attached hydrogens (tertiary/aromatic N) is 1. The summed E-state index contributed by atoms with van der Waals surface area (Å²) in [4.78, 5) is 14.0. The third-order valence-corrected chi connectivity index (χ3v) is 5.24. The van der Waals surface area contributed by atoms with Gasteiger partial charge in [0.15, 0.2) is 6.10 Å². The molecule has 0 unspecified atom stereocenters. The number of aliphatic hydroxyl groups excluding tert-OH is 1. The van der Waals surface area contributed by atoms with Crippen molar-refractivity contribution >= 4 is 11.6 Å². The fourth-order valence-electron chi connectivity index (χ4n) is 3.78. The number of para-hydroxylation sites is 1. The highest BCUT2D eigenvalue weighted by Crippen LogP contribution is 2.30. The predicted octanol–water partition coefficient (Wildman–Crippen LogP) is 3.99. The van der Waals surface area contributed by atoms with E-state index < -0.39 is 18.3 Å². The Labute approximate surface area is 168 Å². The van der Waals surface area contributed by atoms with Crippen LogP contribution in [0.1, 0.15) is 30.4 Å². The molecule has 0 spiro atoms. The Morgan fingerprint density at radius 3 is 2.52 bits per heavy atom. The second-order valence-electron chi connectivity index (χ2n) is 7.39. The number of hydrogen-bond donors (Lipinski definition) is 2. The Bertz CT molecular complexity index is 811. The number of halogens is 3. The van der Waals surface area contributed by atoms with Crippen LogP contribution in [0.5, 0.6) is 0 Å². The van der Waals surface area contributed by atoms with E-state index in [1.807, 2.05) is 42.5 Å². The van der Waals surface area contributed by atoms with Gasteiger partial charge in [0.25, 0.3) is 0 Å². The number of piperidine rings is 1. The first-order valence-electron chi connectivity index (χ1n) is 9.75. The van der Waals surface area contributed by atoms with E-state index in [1.54, 1.807) is 12.1 Å². The molecule has 1 heterocycles. The predicted molar refractivity (Wildman–Crippen MR) is 106 cm³/mol. The first kappa shape index (κ1) is 21.3. The summed E-state index contributed by atoms with van der Waals surface area (Å²) in [7, 11) is 0. The number of alkyl halides is 3. The van der Waals surface area contributed by atoms with Gasteiger partial charge in [-0.05, 0) is 43.0 Å². The highest BCUT2D eigenvalue weighted by molar-refractivity contribution is 5.93. The summed E-state index contributed by atoms with van der Waals surface area (Å²) in [5.74, 6) is -0.383. The van der Waals surface area contributed by atoms with Crippen molar-refractivity contribution in [2.75, 3.05) is 18.4 Å². The van der Waals surface area contributed by atoms with Crippen molar-refractivity contribution in [2.24, 2.45) is 0 Å². The van der Waals surface area contributed by atoms with E-state index in [1.165, 1.54) is 4.90 Å². The number of amides is 1. The highest BCUT2D eigenvalue weighted by Gasteiger charge is 2.46. The number of rotatable bonds is 6. The molecule has 0 saturated carbocycles. The summed E-state index contributed by atoms with van der Waals surface area (Å²) in [6, 6.07) is 16.1. The smallest absolute Gasteiger partial charge is 0.382 e. The van der Waals surface area contributed by atoms with Gasteiger partial charge < -0.3 is 10.4 Å². The molecule has 1 aliphatic heterocycles.